The SMILES string of the molecule is Cc1c(-c2cc(C(=O)NS(=O)(=O)N3CC[C@H](N)C3)c3c(OCCc4ccccc4)ccc(C)c3n2)oc2ccccc12. The molecule has 3 aromatic carbocycles. The van der Waals surface area contributed by atoms with Crippen LogP contribution < -0.4 is 15.2 Å². The molecule has 0 saturated carbocycles. The van der Waals surface area contributed by atoms with E-state index in [0.717, 1.165) is 22.1 Å². The van der Waals surface area contributed by atoms with E-state index < -0.39 is 16.1 Å². The number of nitrogens with one attached hydrogen (secondary N) is 1. The second kappa shape index (κ2) is 11.2. The summed E-state index contributed by atoms with van der Waals surface area (Å²) in [5, 5.41) is 1.37. The van der Waals surface area contributed by atoms with Crippen LogP contribution >= 0.6 is 0 Å². The number of pyridine rings is 1. The van der Waals surface area contributed by atoms with Gasteiger partial charge >= 0.3 is 10.2 Å². The molecule has 1 aliphatic heterocycles. The third-order valence-electron chi connectivity index (χ3n) is 7.69. The lowest BCUT2D eigenvalue weighted by atomic mass is 10.0. The molecular formula is C32H32N4O5S. The maximum Gasteiger partial charge on any atom is 0.304 e. The van der Waals surface area contributed by atoms with Gasteiger partial charge in [-0.1, -0.05) is 54.6 Å². The molecule has 0 bridgehead atoms. The Morgan fingerprint density at radius 2 is 1.86 bits per heavy atom. The van der Waals surface area contributed by atoms with Gasteiger partial charge in [0.2, 0.25) is 0 Å². The van der Waals surface area contributed by atoms with Crippen LogP contribution in [0.4, 0.5) is 0 Å². The summed E-state index contributed by atoms with van der Waals surface area (Å²) in [6.45, 7) is 4.58. The van der Waals surface area contributed by atoms with Crippen molar-refractivity contribution in [2.45, 2.75) is 32.7 Å². The molecule has 0 unspecified atom stereocenters. The molecule has 1 atom stereocenters. The molecule has 3 heterocycles. The van der Waals surface area contributed by atoms with Crippen LogP contribution in [0.5, 0.6) is 5.75 Å². The lowest BCUT2D eigenvalue weighted by molar-refractivity contribution is 0.0980. The number of hydrogen-bond donors (Lipinski definition) is 2. The number of furan rings is 1. The van der Waals surface area contributed by atoms with Crippen molar-refractivity contribution in [1.29, 1.82) is 0 Å². The molecule has 1 saturated heterocycles. The number of fused-ring (bicyclic) bond motifs is 2. The van der Waals surface area contributed by atoms with Crippen molar-refractivity contribution in [2.75, 3.05) is 19.7 Å². The van der Waals surface area contributed by atoms with Gasteiger partial charge in [0.15, 0.2) is 5.76 Å². The fourth-order valence-electron chi connectivity index (χ4n) is 5.41. The van der Waals surface area contributed by atoms with Gasteiger partial charge < -0.3 is 14.9 Å². The van der Waals surface area contributed by atoms with Crippen molar-refractivity contribution < 1.29 is 22.4 Å². The Labute approximate surface area is 244 Å². The third kappa shape index (κ3) is 5.36. The van der Waals surface area contributed by atoms with Crippen molar-refractivity contribution in [3.05, 3.63) is 95.1 Å². The molecule has 1 aliphatic rings. The van der Waals surface area contributed by atoms with Crippen LogP contribution in [0.2, 0.25) is 0 Å². The van der Waals surface area contributed by atoms with Crippen LogP contribution in [0.3, 0.4) is 0 Å². The zero-order valence-corrected chi connectivity index (χ0v) is 24.3. The number of aromatic nitrogens is 1. The Hall–Kier alpha value is -4.25. The van der Waals surface area contributed by atoms with E-state index in [4.69, 9.17) is 19.9 Å². The number of nitrogens with two attached hydrogens (primary N) is 1. The van der Waals surface area contributed by atoms with E-state index in [1.54, 1.807) is 12.1 Å². The zero-order valence-electron chi connectivity index (χ0n) is 23.5. The maximum absolute atomic E-state index is 13.8. The van der Waals surface area contributed by atoms with Crippen molar-refractivity contribution in [3.63, 3.8) is 0 Å². The minimum absolute atomic E-state index is 0.125. The predicted molar refractivity (Wildman–Crippen MR) is 163 cm³/mol. The number of amides is 1. The highest BCUT2D eigenvalue weighted by Crippen LogP contribution is 2.37. The Kier molecular flexibility index (Phi) is 7.44. The molecular weight excluding hydrogens is 552 g/mol. The van der Waals surface area contributed by atoms with E-state index in [0.29, 0.717) is 53.1 Å². The number of aryl methyl sites for hydroxylation is 2. The summed E-state index contributed by atoms with van der Waals surface area (Å²) >= 11 is 0. The minimum atomic E-state index is -4.12. The summed E-state index contributed by atoms with van der Waals surface area (Å²) in [6.07, 6.45) is 1.19. The number of carbonyl (C=O) groups is 1. The molecule has 1 amide bonds. The number of para-hydroxylation sites is 1. The zero-order chi connectivity index (χ0) is 29.4. The van der Waals surface area contributed by atoms with Crippen molar-refractivity contribution >= 4 is 38.0 Å². The third-order valence-corrected chi connectivity index (χ3v) is 9.14. The van der Waals surface area contributed by atoms with E-state index >= 15 is 0 Å². The van der Waals surface area contributed by atoms with Crippen LogP contribution in [0, 0.1) is 13.8 Å². The first-order valence-corrected chi connectivity index (χ1v) is 15.3. The summed E-state index contributed by atoms with van der Waals surface area (Å²) < 4.78 is 42.2. The van der Waals surface area contributed by atoms with Gasteiger partial charge in [-0.3, -0.25) is 4.79 Å². The molecule has 0 spiro atoms. The number of ether oxygens (including phenoxy) is 1. The van der Waals surface area contributed by atoms with Crippen LogP contribution in [0.25, 0.3) is 33.3 Å². The Morgan fingerprint density at radius 3 is 2.60 bits per heavy atom. The maximum atomic E-state index is 13.8. The van der Waals surface area contributed by atoms with Crippen LogP contribution in [-0.2, 0) is 16.6 Å². The molecule has 216 valence electrons. The van der Waals surface area contributed by atoms with Gasteiger partial charge in [0.1, 0.15) is 17.0 Å². The van der Waals surface area contributed by atoms with E-state index in [1.807, 2.05) is 74.5 Å². The fourth-order valence-corrected chi connectivity index (χ4v) is 6.62. The van der Waals surface area contributed by atoms with Crippen LogP contribution in [0.15, 0.2) is 77.2 Å². The molecule has 1 fully saturated rings. The minimum Gasteiger partial charge on any atom is -0.493 e. The molecule has 6 rings (SSSR count). The van der Waals surface area contributed by atoms with Gasteiger partial charge in [-0.05, 0) is 49.6 Å². The molecule has 5 aromatic rings. The number of carbonyl (C=O) groups excluding carboxylic acids is 1. The lowest BCUT2D eigenvalue weighted by Gasteiger charge is -2.18. The summed E-state index contributed by atoms with van der Waals surface area (Å²) in [4.78, 5) is 18.8. The van der Waals surface area contributed by atoms with Gasteiger partial charge in [0.25, 0.3) is 5.91 Å². The predicted octanol–water partition coefficient (Wildman–Crippen LogP) is 4.89. The number of benzene rings is 3. The first kappa shape index (κ1) is 27.9. The lowest BCUT2D eigenvalue weighted by Crippen LogP contribution is -2.43. The molecule has 0 aliphatic carbocycles. The summed E-state index contributed by atoms with van der Waals surface area (Å²) in [5.41, 5.74) is 10.5. The van der Waals surface area contributed by atoms with Crippen molar-refractivity contribution in [2.24, 2.45) is 5.73 Å². The highest BCUT2D eigenvalue weighted by atomic mass is 32.2. The van der Waals surface area contributed by atoms with E-state index in [2.05, 4.69) is 4.72 Å². The topological polar surface area (TPSA) is 128 Å². The van der Waals surface area contributed by atoms with E-state index in [9.17, 15) is 13.2 Å². The van der Waals surface area contributed by atoms with E-state index in [-0.39, 0.29) is 24.7 Å². The van der Waals surface area contributed by atoms with E-state index in [1.165, 1.54) is 4.31 Å². The average molecular weight is 585 g/mol. The Bertz CT molecular complexity index is 1900. The molecule has 3 N–H and O–H groups in total. The number of nitrogens with zero attached hydrogens (tertiary/aromatic N) is 2. The first-order valence-electron chi connectivity index (χ1n) is 13.9. The standard InChI is InChI=1S/C32H32N4O5S/c1-20-12-13-28(40-17-15-22-8-4-3-5-9-22)29-25(32(37)35-42(38,39)36-16-14-23(33)19-36)18-26(34-30(20)29)31-21(2)24-10-6-7-11-27(24)41-31/h3-13,18,23H,14-17,19,33H2,1-2H3,(H,35,37)/t23-/m0/s1. The van der Waals surface area contributed by atoms with Crippen LogP contribution in [-0.4, -0.2) is 49.4 Å². The first-order chi connectivity index (χ1) is 20.2. The summed E-state index contributed by atoms with van der Waals surface area (Å²) in [5.74, 6) is 0.171. The van der Waals surface area contributed by atoms with Crippen molar-refractivity contribution in [1.82, 2.24) is 14.0 Å². The van der Waals surface area contributed by atoms with Crippen molar-refractivity contribution in [3.8, 4) is 17.2 Å². The molecule has 42 heavy (non-hydrogen) atoms. The Morgan fingerprint density at radius 1 is 1.10 bits per heavy atom. The van der Waals surface area contributed by atoms with Gasteiger partial charge in [-0.15, -0.1) is 0 Å². The summed E-state index contributed by atoms with van der Waals surface area (Å²) in [7, 11) is -4.12. The molecule has 9 nitrogen and oxygen atoms in total. The number of hydrogen-bond acceptors (Lipinski definition) is 7. The second-order valence-corrected chi connectivity index (χ2v) is 12.3. The molecule has 10 heteroatoms. The van der Waals surface area contributed by atoms with Gasteiger partial charge in [-0.2, -0.15) is 12.7 Å². The average Bonchev–Trinajstić information content (AvgIpc) is 3.58. The highest BCUT2D eigenvalue weighted by Gasteiger charge is 2.32. The van der Waals surface area contributed by atoms with Gasteiger partial charge in [0.05, 0.1) is 23.1 Å². The second-order valence-electron chi connectivity index (χ2n) is 10.6. The van der Waals surface area contributed by atoms with Gasteiger partial charge in [-0.25, -0.2) is 9.71 Å². The summed E-state index contributed by atoms with van der Waals surface area (Å²) in [6, 6.07) is 22.6. The Balaban J connectivity index is 1.46. The van der Waals surface area contributed by atoms with Crippen LogP contribution in [0.1, 0.15) is 33.5 Å². The fraction of sp³-hybridized carbons (Fsp3) is 0.250. The highest BCUT2D eigenvalue weighted by molar-refractivity contribution is 7.87. The van der Waals surface area contributed by atoms with Gasteiger partial charge in [0, 0.05) is 36.5 Å². The normalized spacial score (nSPS) is 15.8. The number of rotatable bonds is 8. The quantitative estimate of drug-likeness (QED) is 0.266. The monoisotopic (exact) mass is 584 g/mol. The smallest absolute Gasteiger partial charge is 0.304 e. The molecule has 0 radical (unpaired) electrons. The molecule has 2 aromatic heterocycles. The largest absolute Gasteiger partial charge is 0.493 e.